The number of halogens is 1. The van der Waals surface area contributed by atoms with Gasteiger partial charge in [0.25, 0.3) is 0 Å². The van der Waals surface area contributed by atoms with Crippen molar-refractivity contribution in [3.8, 4) is 0 Å². The highest BCUT2D eigenvalue weighted by molar-refractivity contribution is 7.89. The number of sulfonamides is 1. The van der Waals surface area contributed by atoms with Crippen molar-refractivity contribution < 1.29 is 25.5 Å². The second kappa shape index (κ2) is 5.95. The van der Waals surface area contributed by atoms with Gasteiger partial charge in [-0.3, -0.25) is 0 Å². The number of ether oxygens (including phenoxy) is 1. The zero-order valence-electron chi connectivity index (χ0n) is 10.3. The number of hydrogen-bond donors (Lipinski definition) is 1. The van der Waals surface area contributed by atoms with Crippen LogP contribution >= 0.6 is 0 Å². The zero-order valence-corrected chi connectivity index (χ0v) is 12.0. The van der Waals surface area contributed by atoms with E-state index in [9.17, 15) is 20.7 Å². The summed E-state index contributed by atoms with van der Waals surface area (Å²) < 4.78 is 64.6. The van der Waals surface area contributed by atoms with E-state index < -0.39 is 25.1 Å². The van der Waals surface area contributed by atoms with Gasteiger partial charge in [-0.25, -0.2) is 13.1 Å². The van der Waals surface area contributed by atoms with Gasteiger partial charge in [-0.15, -0.1) is 3.89 Å². The molecule has 0 radical (unpaired) electrons. The summed E-state index contributed by atoms with van der Waals surface area (Å²) in [4.78, 5) is -0.736. The molecule has 0 bridgehead atoms. The number of methoxy groups -OCH3 is 1. The molecule has 19 heavy (non-hydrogen) atoms. The predicted molar refractivity (Wildman–Crippen MR) is 66.4 cm³/mol. The summed E-state index contributed by atoms with van der Waals surface area (Å²) in [5, 5.41) is 0. The van der Waals surface area contributed by atoms with Gasteiger partial charge in [-0.05, 0) is 31.2 Å². The third kappa shape index (κ3) is 4.53. The Labute approximate surface area is 111 Å². The molecule has 6 nitrogen and oxygen atoms in total. The second-order valence-electron chi connectivity index (χ2n) is 3.81. The van der Waals surface area contributed by atoms with Gasteiger partial charge in [-0.2, -0.15) is 8.42 Å². The molecular weight excluding hydrogens is 297 g/mol. The van der Waals surface area contributed by atoms with Crippen molar-refractivity contribution >= 4 is 20.2 Å². The molecule has 0 heterocycles. The molecular formula is C10H14FNO5S2. The molecule has 1 unspecified atom stereocenters. The van der Waals surface area contributed by atoms with Gasteiger partial charge in [0.05, 0.1) is 15.9 Å². The van der Waals surface area contributed by atoms with E-state index in [0.29, 0.717) is 0 Å². The number of hydrogen-bond acceptors (Lipinski definition) is 5. The minimum absolute atomic E-state index is 0.0714. The van der Waals surface area contributed by atoms with Gasteiger partial charge in [0.15, 0.2) is 0 Å². The topological polar surface area (TPSA) is 89.5 Å². The Morgan fingerprint density at radius 3 is 2.05 bits per heavy atom. The van der Waals surface area contributed by atoms with Crippen molar-refractivity contribution in [2.75, 3.05) is 13.7 Å². The van der Waals surface area contributed by atoms with Crippen LogP contribution in [0.25, 0.3) is 0 Å². The van der Waals surface area contributed by atoms with Crippen molar-refractivity contribution in [1.29, 1.82) is 0 Å². The highest BCUT2D eigenvalue weighted by Crippen LogP contribution is 2.16. The summed E-state index contributed by atoms with van der Waals surface area (Å²) in [7, 11) is -7.16. The molecule has 0 aromatic heterocycles. The zero-order chi connectivity index (χ0) is 14.7. The molecule has 0 aliphatic heterocycles. The van der Waals surface area contributed by atoms with Crippen molar-refractivity contribution in [2.24, 2.45) is 0 Å². The quantitative estimate of drug-likeness (QED) is 0.779. The average Bonchev–Trinajstić information content (AvgIpc) is 2.35. The molecule has 1 aromatic carbocycles. The molecule has 1 atom stereocenters. The van der Waals surface area contributed by atoms with Crippen LogP contribution in [0.4, 0.5) is 3.89 Å². The number of benzene rings is 1. The maximum absolute atomic E-state index is 12.6. The molecule has 0 aliphatic carbocycles. The summed E-state index contributed by atoms with van der Waals surface area (Å²) in [5.41, 5.74) is 0. The molecule has 9 heteroatoms. The van der Waals surface area contributed by atoms with Crippen LogP contribution in [0.5, 0.6) is 0 Å². The van der Waals surface area contributed by atoms with E-state index in [1.165, 1.54) is 7.11 Å². The van der Waals surface area contributed by atoms with E-state index in [4.69, 9.17) is 4.74 Å². The van der Waals surface area contributed by atoms with E-state index >= 15 is 0 Å². The molecule has 0 amide bonds. The Morgan fingerprint density at radius 1 is 1.16 bits per heavy atom. The van der Waals surface area contributed by atoms with Crippen LogP contribution in [0, 0.1) is 0 Å². The fraction of sp³-hybridized carbons (Fsp3) is 0.400. The Bertz CT molecular complexity index is 624. The van der Waals surface area contributed by atoms with E-state index in [2.05, 4.69) is 4.72 Å². The SMILES string of the molecule is COC(C)CNS(=O)(=O)c1ccc(S(=O)(=O)F)cc1. The highest BCUT2D eigenvalue weighted by atomic mass is 32.3. The molecule has 108 valence electrons. The predicted octanol–water partition coefficient (Wildman–Crippen LogP) is 0.658. The van der Waals surface area contributed by atoms with E-state index in [-0.39, 0.29) is 17.5 Å². The molecule has 0 saturated heterocycles. The largest absolute Gasteiger partial charge is 0.380 e. The lowest BCUT2D eigenvalue weighted by molar-refractivity contribution is 0.122. The van der Waals surface area contributed by atoms with Gasteiger partial charge in [0, 0.05) is 13.7 Å². The Balaban J connectivity index is 2.91. The minimum atomic E-state index is -4.83. The summed E-state index contributed by atoms with van der Waals surface area (Å²) in [6, 6.07) is 3.83. The van der Waals surface area contributed by atoms with Crippen LogP contribution in [0.1, 0.15) is 6.92 Å². The van der Waals surface area contributed by atoms with Crippen LogP contribution in [-0.2, 0) is 25.0 Å². The fourth-order valence-corrected chi connectivity index (χ4v) is 2.75. The van der Waals surface area contributed by atoms with Crippen molar-refractivity contribution in [3.63, 3.8) is 0 Å². The first kappa shape index (κ1) is 16.0. The summed E-state index contributed by atoms with van der Waals surface area (Å²) in [6.07, 6.45) is -0.305. The lowest BCUT2D eigenvalue weighted by Gasteiger charge is -2.11. The summed E-state index contributed by atoms with van der Waals surface area (Å²) in [5.74, 6) is 0. The van der Waals surface area contributed by atoms with Crippen LogP contribution in [-0.4, -0.2) is 36.6 Å². The molecule has 0 fully saturated rings. The van der Waals surface area contributed by atoms with Crippen LogP contribution in [0.15, 0.2) is 34.1 Å². The molecule has 1 aromatic rings. The number of rotatable bonds is 6. The van der Waals surface area contributed by atoms with Gasteiger partial charge in [-0.1, -0.05) is 0 Å². The van der Waals surface area contributed by atoms with E-state index in [1.54, 1.807) is 6.92 Å². The van der Waals surface area contributed by atoms with Gasteiger partial charge >= 0.3 is 10.2 Å². The minimum Gasteiger partial charge on any atom is -0.380 e. The lowest BCUT2D eigenvalue weighted by atomic mass is 10.4. The molecule has 1 N–H and O–H groups in total. The maximum Gasteiger partial charge on any atom is 0.332 e. The van der Waals surface area contributed by atoms with Crippen LogP contribution in [0.2, 0.25) is 0 Å². The van der Waals surface area contributed by atoms with Gasteiger partial charge in [0.2, 0.25) is 10.0 Å². The second-order valence-corrected chi connectivity index (χ2v) is 6.92. The monoisotopic (exact) mass is 311 g/mol. The third-order valence-electron chi connectivity index (χ3n) is 2.38. The highest BCUT2D eigenvalue weighted by Gasteiger charge is 2.17. The fourth-order valence-electron chi connectivity index (χ4n) is 1.18. The average molecular weight is 311 g/mol. The standard InChI is InChI=1S/C10H14FNO5S2/c1-8(17-2)7-12-19(15,16)10-5-3-9(4-6-10)18(11,13)14/h3-6,8,12H,7H2,1-2H3. The van der Waals surface area contributed by atoms with Crippen LogP contribution in [0.3, 0.4) is 0 Å². The smallest absolute Gasteiger partial charge is 0.332 e. The Kier molecular flexibility index (Phi) is 5.02. The lowest BCUT2D eigenvalue weighted by Crippen LogP contribution is -2.31. The molecule has 0 spiro atoms. The van der Waals surface area contributed by atoms with E-state index in [1.807, 2.05) is 0 Å². The van der Waals surface area contributed by atoms with Crippen molar-refractivity contribution in [1.82, 2.24) is 4.72 Å². The first-order chi connectivity index (χ1) is 8.66. The molecule has 1 rings (SSSR count). The normalized spacial score (nSPS) is 14.3. The number of nitrogens with one attached hydrogen (secondary N) is 1. The first-order valence-corrected chi connectivity index (χ1v) is 8.10. The summed E-state index contributed by atoms with van der Waals surface area (Å²) in [6.45, 7) is 1.75. The maximum atomic E-state index is 12.6. The molecule has 0 aliphatic rings. The third-order valence-corrected chi connectivity index (χ3v) is 4.65. The first-order valence-electron chi connectivity index (χ1n) is 5.24. The summed E-state index contributed by atoms with van der Waals surface area (Å²) >= 11 is 0. The van der Waals surface area contributed by atoms with Crippen LogP contribution < -0.4 is 4.72 Å². The Hall–Kier alpha value is -1.03. The van der Waals surface area contributed by atoms with Crippen molar-refractivity contribution in [3.05, 3.63) is 24.3 Å². The Morgan fingerprint density at radius 2 is 1.63 bits per heavy atom. The van der Waals surface area contributed by atoms with Gasteiger partial charge < -0.3 is 4.74 Å². The van der Waals surface area contributed by atoms with E-state index in [0.717, 1.165) is 24.3 Å². The van der Waals surface area contributed by atoms with Gasteiger partial charge in [0.1, 0.15) is 0 Å². The molecule has 0 saturated carbocycles. The van der Waals surface area contributed by atoms with Crippen molar-refractivity contribution in [2.45, 2.75) is 22.8 Å².